The van der Waals surface area contributed by atoms with E-state index in [1.54, 1.807) is 0 Å². The van der Waals surface area contributed by atoms with Crippen LogP contribution in [0.1, 0.15) is 0 Å². The van der Waals surface area contributed by atoms with E-state index in [0.717, 1.165) is 17.1 Å². The van der Waals surface area contributed by atoms with Gasteiger partial charge in [-0.15, -0.1) is 0 Å². The number of nitrogen functional groups attached to an aromatic ring is 1. The molecule has 0 unspecified atom stereocenters. The van der Waals surface area contributed by atoms with Gasteiger partial charge in [0.15, 0.2) is 0 Å². The minimum atomic E-state index is 0.903. The summed E-state index contributed by atoms with van der Waals surface area (Å²) >= 11 is 1.44. The largest absolute Gasteiger partial charge is 0.322 e. The van der Waals surface area contributed by atoms with Crippen LogP contribution in [0.2, 0.25) is 0 Å². The molecule has 0 aromatic heterocycles. The van der Waals surface area contributed by atoms with E-state index in [0.29, 0.717) is 0 Å². The number of hydrogen-bond donors (Lipinski definition) is 4. The summed E-state index contributed by atoms with van der Waals surface area (Å²) in [5.74, 6) is 5.30. The van der Waals surface area contributed by atoms with E-state index in [1.807, 2.05) is 18.2 Å². The number of nitrogens with two attached hydrogens (primary N) is 1. The van der Waals surface area contributed by atoms with Crippen LogP contribution in [0.5, 0.6) is 0 Å². The first-order chi connectivity index (χ1) is 5.42. The van der Waals surface area contributed by atoms with Gasteiger partial charge in [-0.05, 0) is 12.1 Å². The number of para-hydroxylation sites is 1. The van der Waals surface area contributed by atoms with Gasteiger partial charge in [-0.2, -0.15) is 0 Å². The molecule has 2 rings (SSSR count). The summed E-state index contributed by atoms with van der Waals surface area (Å²) in [7, 11) is 0. The highest BCUT2D eigenvalue weighted by Crippen LogP contribution is 2.38. The first kappa shape index (κ1) is 6.63. The average molecular weight is 168 g/mol. The molecule has 1 aliphatic rings. The van der Waals surface area contributed by atoms with Crippen LogP contribution in [0, 0.1) is 0 Å². The van der Waals surface area contributed by atoms with Gasteiger partial charge in [0.25, 0.3) is 0 Å². The highest BCUT2D eigenvalue weighted by Gasteiger charge is 2.12. The summed E-state index contributed by atoms with van der Waals surface area (Å²) in [6, 6.07) is 5.84. The predicted molar refractivity (Wildman–Crippen MR) is 49.1 cm³/mol. The minimum absolute atomic E-state index is 0.903. The number of nitrogens with one attached hydrogen (secondary N) is 3. The van der Waals surface area contributed by atoms with E-state index >= 15 is 0 Å². The second-order valence-electron chi connectivity index (χ2n) is 2.18. The van der Waals surface area contributed by atoms with Gasteiger partial charge in [0.05, 0.1) is 29.2 Å². The molecule has 1 aliphatic heterocycles. The zero-order chi connectivity index (χ0) is 7.68. The Hall–Kier alpha value is -1.07. The number of rotatable bonds is 1. The van der Waals surface area contributed by atoms with Crippen LogP contribution in [-0.4, -0.2) is 0 Å². The molecule has 0 spiro atoms. The third-order valence-corrected chi connectivity index (χ3v) is 2.16. The maximum absolute atomic E-state index is 5.30. The highest BCUT2D eigenvalue weighted by molar-refractivity contribution is 8.02. The molecule has 0 radical (unpaired) electrons. The SMILES string of the molecule is NNc1cccc2c1NSN2. The lowest BCUT2D eigenvalue weighted by atomic mass is 10.2. The van der Waals surface area contributed by atoms with Gasteiger partial charge >= 0.3 is 0 Å². The molecule has 58 valence electrons. The Bertz CT molecular complexity index is 275. The van der Waals surface area contributed by atoms with Crippen molar-refractivity contribution in [2.24, 2.45) is 5.84 Å². The summed E-state index contributed by atoms with van der Waals surface area (Å²) < 4.78 is 6.17. The predicted octanol–water partition coefficient (Wildman–Crippen LogP) is 1.37. The molecule has 0 fully saturated rings. The Morgan fingerprint density at radius 2 is 2.27 bits per heavy atom. The second-order valence-corrected chi connectivity index (χ2v) is 2.79. The maximum atomic E-state index is 5.30. The van der Waals surface area contributed by atoms with Crippen LogP contribution in [-0.2, 0) is 0 Å². The normalized spacial score (nSPS) is 13.2. The lowest BCUT2D eigenvalue weighted by Crippen LogP contribution is -2.07. The van der Waals surface area contributed by atoms with E-state index in [4.69, 9.17) is 5.84 Å². The Morgan fingerprint density at radius 3 is 3.09 bits per heavy atom. The van der Waals surface area contributed by atoms with Crippen molar-refractivity contribution in [3.63, 3.8) is 0 Å². The van der Waals surface area contributed by atoms with Crippen LogP contribution in [0.3, 0.4) is 0 Å². The van der Waals surface area contributed by atoms with Gasteiger partial charge < -0.3 is 14.9 Å². The summed E-state index contributed by atoms with van der Waals surface area (Å²) in [6.07, 6.45) is 0. The number of hydrazine groups is 1. The number of hydrogen-bond acceptors (Lipinski definition) is 5. The fraction of sp³-hybridized carbons (Fsp3) is 0. The van der Waals surface area contributed by atoms with Gasteiger partial charge in [-0.25, -0.2) is 0 Å². The lowest BCUT2D eigenvalue weighted by molar-refractivity contribution is 1.36. The Labute approximate surface area is 68.8 Å². The smallest absolute Gasteiger partial charge is 0.0946 e. The highest BCUT2D eigenvalue weighted by atomic mass is 32.2. The van der Waals surface area contributed by atoms with Gasteiger partial charge in [0.2, 0.25) is 0 Å². The van der Waals surface area contributed by atoms with Gasteiger partial charge in [-0.3, -0.25) is 5.84 Å². The molecular weight excluding hydrogens is 160 g/mol. The quantitative estimate of drug-likeness (QED) is 0.290. The Kier molecular flexibility index (Phi) is 1.52. The monoisotopic (exact) mass is 168 g/mol. The molecule has 1 heterocycles. The van der Waals surface area contributed by atoms with Crippen LogP contribution < -0.4 is 20.7 Å². The summed E-state index contributed by atoms with van der Waals surface area (Å²) in [5.41, 5.74) is 5.59. The molecule has 1 aromatic rings. The Balaban J connectivity index is 2.50. The van der Waals surface area contributed by atoms with Gasteiger partial charge in [-0.1, -0.05) is 6.07 Å². The first-order valence-electron chi connectivity index (χ1n) is 3.19. The molecule has 0 amide bonds. The molecular formula is C6H8N4S. The number of fused-ring (bicyclic) bond motifs is 1. The molecule has 1 aromatic carbocycles. The van der Waals surface area contributed by atoms with E-state index in [1.165, 1.54) is 12.1 Å². The minimum Gasteiger partial charge on any atom is -0.322 e. The molecule has 0 bridgehead atoms. The zero-order valence-electron chi connectivity index (χ0n) is 5.72. The van der Waals surface area contributed by atoms with Crippen LogP contribution >= 0.6 is 12.1 Å². The van der Waals surface area contributed by atoms with Crippen LogP contribution in [0.4, 0.5) is 17.1 Å². The second kappa shape index (κ2) is 2.52. The van der Waals surface area contributed by atoms with E-state index < -0.39 is 0 Å². The molecule has 11 heavy (non-hydrogen) atoms. The summed E-state index contributed by atoms with van der Waals surface area (Å²) in [4.78, 5) is 0. The first-order valence-corrected chi connectivity index (χ1v) is 4.01. The molecule has 0 atom stereocenters. The standard InChI is InChI=1S/C6H8N4S/c7-8-4-2-1-3-5-6(4)10-11-9-5/h1-3,8-10H,7H2. The van der Waals surface area contributed by atoms with E-state index in [2.05, 4.69) is 14.9 Å². The average Bonchev–Trinajstić information content (AvgIpc) is 2.50. The number of benzene rings is 1. The van der Waals surface area contributed by atoms with Crippen molar-refractivity contribution in [2.75, 3.05) is 14.9 Å². The van der Waals surface area contributed by atoms with Gasteiger partial charge in [0, 0.05) is 0 Å². The third-order valence-electron chi connectivity index (χ3n) is 1.53. The van der Waals surface area contributed by atoms with Crippen molar-refractivity contribution in [1.82, 2.24) is 0 Å². The molecule has 0 saturated heterocycles. The van der Waals surface area contributed by atoms with Crippen molar-refractivity contribution in [3.8, 4) is 0 Å². The molecule has 0 aliphatic carbocycles. The van der Waals surface area contributed by atoms with Crippen LogP contribution in [0.25, 0.3) is 0 Å². The fourth-order valence-electron chi connectivity index (χ4n) is 0.999. The summed E-state index contributed by atoms with van der Waals surface area (Å²) in [5, 5.41) is 0. The maximum Gasteiger partial charge on any atom is 0.0946 e. The molecule has 0 saturated carbocycles. The van der Waals surface area contributed by atoms with Crippen molar-refractivity contribution < 1.29 is 0 Å². The van der Waals surface area contributed by atoms with E-state index in [9.17, 15) is 0 Å². The van der Waals surface area contributed by atoms with Crippen molar-refractivity contribution in [2.45, 2.75) is 0 Å². The van der Waals surface area contributed by atoms with Crippen molar-refractivity contribution in [3.05, 3.63) is 18.2 Å². The fourth-order valence-corrected chi connectivity index (χ4v) is 1.65. The number of anilines is 3. The van der Waals surface area contributed by atoms with Crippen LogP contribution in [0.15, 0.2) is 18.2 Å². The molecule has 4 nitrogen and oxygen atoms in total. The lowest BCUT2D eigenvalue weighted by Gasteiger charge is -2.04. The molecule has 5 N–H and O–H groups in total. The summed E-state index contributed by atoms with van der Waals surface area (Å²) in [6.45, 7) is 0. The van der Waals surface area contributed by atoms with Gasteiger partial charge in [0.1, 0.15) is 0 Å². The van der Waals surface area contributed by atoms with Crippen molar-refractivity contribution in [1.29, 1.82) is 0 Å². The zero-order valence-corrected chi connectivity index (χ0v) is 6.53. The van der Waals surface area contributed by atoms with Crippen molar-refractivity contribution >= 4 is 29.2 Å². The Morgan fingerprint density at radius 1 is 1.36 bits per heavy atom. The molecule has 5 heteroatoms. The topological polar surface area (TPSA) is 62.1 Å². The third kappa shape index (κ3) is 0.979. The van der Waals surface area contributed by atoms with E-state index in [-0.39, 0.29) is 0 Å².